The summed E-state index contributed by atoms with van der Waals surface area (Å²) in [4.78, 5) is 25.8. The summed E-state index contributed by atoms with van der Waals surface area (Å²) in [6.07, 6.45) is 1.60. The molecule has 0 rings (SSSR count). The minimum absolute atomic E-state index is 0.123. The van der Waals surface area contributed by atoms with Gasteiger partial charge in [0.25, 0.3) is 0 Å². The SMILES string of the molecule is C=CCCP(=O)(O)CP(=O)(O)O. The van der Waals surface area contributed by atoms with Gasteiger partial charge in [-0.3, -0.25) is 9.13 Å². The summed E-state index contributed by atoms with van der Waals surface area (Å²) in [5.74, 6) is -0.937. The van der Waals surface area contributed by atoms with Gasteiger partial charge in [-0.15, -0.1) is 6.58 Å². The lowest BCUT2D eigenvalue weighted by atomic mass is 10.5. The second-order valence-electron chi connectivity index (χ2n) is 2.45. The Kier molecular flexibility index (Phi) is 4.38. The van der Waals surface area contributed by atoms with Crippen molar-refractivity contribution >= 4 is 15.0 Å². The fourth-order valence-electron chi connectivity index (χ4n) is 0.652. The highest BCUT2D eigenvalue weighted by Crippen LogP contribution is 2.54. The van der Waals surface area contributed by atoms with E-state index < -0.39 is 20.9 Å². The molecule has 1 unspecified atom stereocenters. The van der Waals surface area contributed by atoms with E-state index in [0.717, 1.165) is 0 Å². The van der Waals surface area contributed by atoms with Gasteiger partial charge in [-0.2, -0.15) is 0 Å². The maximum atomic E-state index is 11.0. The third-order valence-corrected chi connectivity index (χ3v) is 5.29. The van der Waals surface area contributed by atoms with Crippen LogP contribution in [0, 0.1) is 0 Å². The fraction of sp³-hybridized carbons (Fsp3) is 0.600. The average Bonchev–Trinajstić information content (AvgIpc) is 1.78. The Morgan fingerprint density at radius 3 is 2.08 bits per heavy atom. The second-order valence-corrected chi connectivity index (χ2v) is 7.05. The number of allylic oxidation sites excluding steroid dienone is 1. The third-order valence-electron chi connectivity index (χ3n) is 1.09. The fourth-order valence-corrected chi connectivity index (χ4v) is 4.11. The molecule has 0 aromatic rings. The smallest absolute Gasteiger partial charge is 0.335 e. The molecule has 0 fully saturated rings. The summed E-state index contributed by atoms with van der Waals surface area (Å²) in [7, 11) is -8.04. The first-order valence-corrected chi connectivity index (χ1v) is 7.06. The van der Waals surface area contributed by atoms with Gasteiger partial charge in [0.2, 0.25) is 7.37 Å². The summed E-state index contributed by atoms with van der Waals surface area (Å²) < 4.78 is 21.4. The second kappa shape index (κ2) is 4.35. The van der Waals surface area contributed by atoms with Gasteiger partial charge in [-0.1, -0.05) is 6.08 Å². The normalized spacial score (nSPS) is 16.9. The highest BCUT2D eigenvalue weighted by molar-refractivity contribution is 7.72. The topological polar surface area (TPSA) is 94.8 Å². The average molecular weight is 214 g/mol. The molecule has 0 bridgehead atoms. The van der Waals surface area contributed by atoms with Gasteiger partial charge in [-0.05, 0) is 6.42 Å². The van der Waals surface area contributed by atoms with Crippen LogP contribution in [-0.4, -0.2) is 26.7 Å². The monoisotopic (exact) mass is 214 g/mol. The molecule has 0 aliphatic rings. The molecule has 0 aromatic carbocycles. The maximum Gasteiger partial charge on any atom is 0.335 e. The lowest BCUT2D eigenvalue weighted by Gasteiger charge is -2.10. The number of rotatable bonds is 5. The minimum Gasteiger partial charge on any atom is -0.344 e. The van der Waals surface area contributed by atoms with Crippen LogP contribution in [-0.2, 0) is 9.13 Å². The van der Waals surface area contributed by atoms with E-state index in [9.17, 15) is 9.13 Å². The Morgan fingerprint density at radius 2 is 1.75 bits per heavy atom. The van der Waals surface area contributed by atoms with E-state index in [4.69, 9.17) is 14.7 Å². The van der Waals surface area contributed by atoms with E-state index in [1.165, 1.54) is 6.08 Å². The zero-order valence-corrected chi connectivity index (χ0v) is 8.25. The molecule has 7 heteroatoms. The van der Waals surface area contributed by atoms with Gasteiger partial charge in [-0.25, -0.2) is 0 Å². The zero-order chi connectivity index (χ0) is 9.83. The van der Waals surface area contributed by atoms with Crippen LogP contribution in [0.5, 0.6) is 0 Å². The van der Waals surface area contributed by atoms with Crippen LogP contribution in [0.25, 0.3) is 0 Å². The summed E-state index contributed by atoms with van der Waals surface area (Å²) in [5.41, 5.74) is 0. The van der Waals surface area contributed by atoms with Crippen molar-refractivity contribution in [3.05, 3.63) is 12.7 Å². The standard InChI is InChI=1S/C5H12O5P2/c1-2-3-4-11(6,7)5-12(8,9)10/h2H,1,3-5H2,(H,6,7)(H2,8,9,10). The zero-order valence-electron chi connectivity index (χ0n) is 6.46. The summed E-state index contributed by atoms with van der Waals surface area (Å²) >= 11 is 0. The van der Waals surface area contributed by atoms with Crippen LogP contribution in [0.4, 0.5) is 0 Å². The van der Waals surface area contributed by atoms with Gasteiger partial charge < -0.3 is 14.7 Å². The van der Waals surface area contributed by atoms with Crippen LogP contribution in [0.2, 0.25) is 0 Å². The Labute approximate surface area is 70.7 Å². The summed E-state index contributed by atoms with van der Waals surface area (Å²) in [6.45, 7) is 3.33. The van der Waals surface area contributed by atoms with Gasteiger partial charge in [0.1, 0.15) is 5.90 Å². The van der Waals surface area contributed by atoms with E-state index in [2.05, 4.69) is 6.58 Å². The first kappa shape index (κ1) is 12.1. The van der Waals surface area contributed by atoms with E-state index in [0.29, 0.717) is 0 Å². The largest absolute Gasteiger partial charge is 0.344 e. The van der Waals surface area contributed by atoms with Crippen LogP contribution >= 0.6 is 15.0 Å². The quantitative estimate of drug-likeness (QED) is 0.468. The minimum atomic E-state index is -4.37. The molecular weight excluding hydrogens is 202 g/mol. The van der Waals surface area contributed by atoms with Gasteiger partial charge in [0.05, 0.1) is 0 Å². The highest BCUT2D eigenvalue weighted by Gasteiger charge is 2.28. The first-order valence-electron chi connectivity index (χ1n) is 3.23. The van der Waals surface area contributed by atoms with Crippen molar-refractivity contribution in [2.75, 3.05) is 12.1 Å². The van der Waals surface area contributed by atoms with Crippen LogP contribution in [0.3, 0.4) is 0 Å². The summed E-state index contributed by atoms with van der Waals surface area (Å²) in [6, 6.07) is 0. The van der Waals surface area contributed by atoms with Crippen LogP contribution in [0.15, 0.2) is 12.7 Å². The Balaban J connectivity index is 4.14. The highest BCUT2D eigenvalue weighted by atomic mass is 31.2. The van der Waals surface area contributed by atoms with Crippen molar-refractivity contribution in [3.63, 3.8) is 0 Å². The van der Waals surface area contributed by atoms with E-state index in [1.807, 2.05) is 0 Å². The first-order chi connectivity index (χ1) is 5.27. The molecule has 0 saturated heterocycles. The Hall–Kier alpha value is 0.0800. The Morgan fingerprint density at radius 1 is 1.25 bits per heavy atom. The maximum absolute atomic E-state index is 11.0. The van der Waals surface area contributed by atoms with E-state index >= 15 is 0 Å². The predicted molar refractivity (Wildman–Crippen MR) is 46.4 cm³/mol. The van der Waals surface area contributed by atoms with Gasteiger partial charge in [0, 0.05) is 6.16 Å². The summed E-state index contributed by atoms with van der Waals surface area (Å²) in [5, 5.41) is 0. The molecular formula is C5H12O5P2. The third kappa shape index (κ3) is 6.77. The molecule has 5 nitrogen and oxygen atoms in total. The van der Waals surface area contributed by atoms with E-state index in [-0.39, 0.29) is 12.6 Å². The van der Waals surface area contributed by atoms with Crippen molar-refractivity contribution in [2.24, 2.45) is 0 Å². The molecule has 3 N–H and O–H groups in total. The molecule has 0 saturated carbocycles. The molecule has 72 valence electrons. The lowest BCUT2D eigenvalue weighted by molar-refractivity contribution is 0.376. The van der Waals surface area contributed by atoms with Gasteiger partial charge >= 0.3 is 7.60 Å². The molecule has 0 aliphatic carbocycles. The molecule has 0 aromatic heterocycles. The van der Waals surface area contributed by atoms with Crippen LogP contribution in [0.1, 0.15) is 6.42 Å². The molecule has 0 aliphatic heterocycles. The number of hydrogen-bond acceptors (Lipinski definition) is 2. The van der Waals surface area contributed by atoms with Crippen LogP contribution < -0.4 is 0 Å². The molecule has 0 heterocycles. The Bertz CT molecular complexity index is 242. The molecule has 12 heavy (non-hydrogen) atoms. The van der Waals surface area contributed by atoms with E-state index in [1.54, 1.807) is 0 Å². The van der Waals surface area contributed by atoms with Gasteiger partial charge in [0.15, 0.2) is 0 Å². The predicted octanol–water partition coefficient (Wildman–Crippen LogP) is 0.968. The lowest BCUT2D eigenvalue weighted by Crippen LogP contribution is -1.94. The molecule has 1 atom stereocenters. The molecule has 0 radical (unpaired) electrons. The van der Waals surface area contributed by atoms with Crippen molar-refractivity contribution in [1.82, 2.24) is 0 Å². The molecule has 0 spiro atoms. The molecule has 0 amide bonds. The van der Waals surface area contributed by atoms with Crippen molar-refractivity contribution in [2.45, 2.75) is 6.42 Å². The van der Waals surface area contributed by atoms with Crippen molar-refractivity contribution in [3.8, 4) is 0 Å². The van der Waals surface area contributed by atoms with Crippen molar-refractivity contribution < 1.29 is 23.8 Å². The number of hydrogen-bond donors (Lipinski definition) is 3. The van der Waals surface area contributed by atoms with Crippen molar-refractivity contribution in [1.29, 1.82) is 0 Å².